The highest BCUT2D eigenvalue weighted by Gasteiger charge is 2.16. The maximum absolute atomic E-state index is 5.65. The predicted octanol–water partition coefficient (Wildman–Crippen LogP) is 5.54. The van der Waals surface area contributed by atoms with E-state index in [9.17, 15) is 0 Å². The smallest absolute Gasteiger partial charge is 0.183 e. The Morgan fingerprint density at radius 1 is 0.731 bits per heavy atom. The molecular formula is C23H21NO2. The van der Waals surface area contributed by atoms with Gasteiger partial charge in [-0.3, -0.25) is 4.99 Å². The monoisotopic (exact) mass is 343 g/mol. The SMILES string of the molecule is C(=Nc1ccc(-c2ccc(C3OCCCO3)cc2)cc1)c1ccccc1. The van der Waals surface area contributed by atoms with Crippen LogP contribution >= 0.6 is 0 Å². The minimum absolute atomic E-state index is 0.229. The summed E-state index contributed by atoms with van der Waals surface area (Å²) in [4.78, 5) is 4.53. The van der Waals surface area contributed by atoms with E-state index in [0.717, 1.165) is 36.4 Å². The van der Waals surface area contributed by atoms with E-state index in [1.807, 2.05) is 48.7 Å². The topological polar surface area (TPSA) is 30.8 Å². The van der Waals surface area contributed by atoms with E-state index in [1.165, 1.54) is 11.1 Å². The maximum Gasteiger partial charge on any atom is 0.183 e. The van der Waals surface area contributed by atoms with E-state index in [-0.39, 0.29) is 6.29 Å². The van der Waals surface area contributed by atoms with Gasteiger partial charge in [0.25, 0.3) is 0 Å². The second kappa shape index (κ2) is 8.09. The molecule has 0 saturated carbocycles. The van der Waals surface area contributed by atoms with Crippen molar-refractivity contribution in [2.75, 3.05) is 13.2 Å². The Morgan fingerprint density at radius 3 is 2.00 bits per heavy atom. The molecule has 0 amide bonds. The fourth-order valence-corrected chi connectivity index (χ4v) is 2.94. The molecule has 3 aromatic carbocycles. The molecule has 0 spiro atoms. The van der Waals surface area contributed by atoms with Crippen LogP contribution in [-0.4, -0.2) is 19.4 Å². The van der Waals surface area contributed by atoms with Crippen LogP contribution in [0.15, 0.2) is 83.9 Å². The highest BCUT2D eigenvalue weighted by Crippen LogP contribution is 2.27. The van der Waals surface area contributed by atoms with Gasteiger partial charge in [0.15, 0.2) is 6.29 Å². The second-order valence-electron chi connectivity index (χ2n) is 6.26. The van der Waals surface area contributed by atoms with Crippen LogP contribution in [0.3, 0.4) is 0 Å². The van der Waals surface area contributed by atoms with Gasteiger partial charge in [-0.25, -0.2) is 0 Å². The number of ether oxygens (including phenoxy) is 2. The number of aliphatic imine (C=N–C) groups is 1. The van der Waals surface area contributed by atoms with Crippen molar-refractivity contribution >= 4 is 11.9 Å². The van der Waals surface area contributed by atoms with Gasteiger partial charge >= 0.3 is 0 Å². The lowest BCUT2D eigenvalue weighted by Crippen LogP contribution is -2.17. The molecule has 3 aromatic rings. The Morgan fingerprint density at radius 2 is 1.35 bits per heavy atom. The van der Waals surface area contributed by atoms with E-state index in [4.69, 9.17) is 9.47 Å². The summed E-state index contributed by atoms with van der Waals surface area (Å²) in [6, 6.07) is 26.8. The Labute approximate surface area is 153 Å². The van der Waals surface area contributed by atoms with Crippen LogP contribution in [0.1, 0.15) is 23.8 Å². The van der Waals surface area contributed by atoms with Crippen molar-refractivity contribution in [3.8, 4) is 11.1 Å². The molecule has 0 aromatic heterocycles. The van der Waals surface area contributed by atoms with Crippen LogP contribution in [0.4, 0.5) is 5.69 Å². The van der Waals surface area contributed by atoms with E-state index in [1.54, 1.807) is 0 Å². The summed E-state index contributed by atoms with van der Waals surface area (Å²) < 4.78 is 11.3. The standard InChI is InChI=1S/C23H21NO2/c1-2-5-18(6-3-1)17-24-22-13-11-20(12-14-22)19-7-9-21(10-8-19)23-25-15-4-16-26-23/h1-3,5-14,17,23H,4,15-16H2. The molecule has 1 aliphatic heterocycles. The summed E-state index contributed by atoms with van der Waals surface area (Å²) in [7, 11) is 0. The van der Waals surface area contributed by atoms with Gasteiger partial charge in [0.2, 0.25) is 0 Å². The van der Waals surface area contributed by atoms with E-state index < -0.39 is 0 Å². The lowest BCUT2D eigenvalue weighted by Gasteiger charge is -2.23. The summed E-state index contributed by atoms with van der Waals surface area (Å²) in [5.41, 5.74) is 5.44. The first-order valence-electron chi connectivity index (χ1n) is 8.91. The van der Waals surface area contributed by atoms with Gasteiger partial charge in [-0.15, -0.1) is 0 Å². The first-order chi connectivity index (χ1) is 12.9. The van der Waals surface area contributed by atoms with Crippen molar-refractivity contribution in [2.24, 2.45) is 4.99 Å². The lowest BCUT2D eigenvalue weighted by atomic mass is 10.0. The molecule has 0 aliphatic carbocycles. The van der Waals surface area contributed by atoms with E-state index >= 15 is 0 Å². The fourth-order valence-electron chi connectivity index (χ4n) is 2.94. The first kappa shape index (κ1) is 16.7. The third-order valence-corrected chi connectivity index (χ3v) is 4.37. The summed E-state index contributed by atoms with van der Waals surface area (Å²) in [6.45, 7) is 1.52. The normalized spacial score (nSPS) is 15.4. The zero-order valence-corrected chi connectivity index (χ0v) is 14.5. The number of hydrogen-bond donors (Lipinski definition) is 0. The summed E-state index contributed by atoms with van der Waals surface area (Å²) >= 11 is 0. The first-order valence-corrected chi connectivity index (χ1v) is 8.91. The largest absolute Gasteiger partial charge is 0.348 e. The average molecular weight is 343 g/mol. The zero-order chi connectivity index (χ0) is 17.6. The molecule has 1 fully saturated rings. The van der Waals surface area contributed by atoms with Crippen molar-refractivity contribution in [2.45, 2.75) is 12.7 Å². The Balaban J connectivity index is 1.45. The van der Waals surface area contributed by atoms with Crippen LogP contribution in [0.2, 0.25) is 0 Å². The number of nitrogens with zero attached hydrogens (tertiary/aromatic N) is 1. The summed E-state index contributed by atoms with van der Waals surface area (Å²) in [5.74, 6) is 0. The van der Waals surface area contributed by atoms with E-state index in [2.05, 4.69) is 41.4 Å². The van der Waals surface area contributed by atoms with Gasteiger partial charge in [-0.2, -0.15) is 0 Å². The molecule has 3 nitrogen and oxygen atoms in total. The van der Waals surface area contributed by atoms with Gasteiger partial charge in [0.05, 0.1) is 18.9 Å². The Hall–Kier alpha value is -2.75. The number of rotatable bonds is 4. The second-order valence-corrected chi connectivity index (χ2v) is 6.26. The lowest BCUT2D eigenvalue weighted by molar-refractivity contribution is -0.183. The molecule has 130 valence electrons. The fraction of sp³-hybridized carbons (Fsp3) is 0.174. The molecule has 0 N–H and O–H groups in total. The van der Waals surface area contributed by atoms with Crippen molar-refractivity contribution in [1.29, 1.82) is 0 Å². The van der Waals surface area contributed by atoms with Crippen LogP contribution in [0.25, 0.3) is 11.1 Å². The zero-order valence-electron chi connectivity index (χ0n) is 14.5. The molecule has 1 heterocycles. The highest BCUT2D eigenvalue weighted by atomic mass is 16.7. The Bertz CT molecular complexity index is 849. The van der Waals surface area contributed by atoms with Crippen LogP contribution in [-0.2, 0) is 9.47 Å². The summed E-state index contributed by atoms with van der Waals surface area (Å²) in [5, 5.41) is 0. The maximum atomic E-state index is 5.65. The molecule has 3 heteroatoms. The minimum atomic E-state index is -0.229. The highest BCUT2D eigenvalue weighted by molar-refractivity contribution is 5.82. The number of hydrogen-bond acceptors (Lipinski definition) is 3. The molecule has 0 unspecified atom stereocenters. The molecular weight excluding hydrogens is 322 g/mol. The summed E-state index contributed by atoms with van der Waals surface area (Å²) in [6.07, 6.45) is 2.62. The molecule has 1 saturated heterocycles. The third kappa shape index (κ3) is 4.07. The molecule has 26 heavy (non-hydrogen) atoms. The molecule has 1 aliphatic rings. The van der Waals surface area contributed by atoms with Gasteiger partial charge in [-0.05, 0) is 35.2 Å². The minimum Gasteiger partial charge on any atom is -0.348 e. The van der Waals surface area contributed by atoms with Gasteiger partial charge in [-0.1, -0.05) is 66.7 Å². The van der Waals surface area contributed by atoms with Crippen molar-refractivity contribution in [3.05, 3.63) is 90.0 Å². The quantitative estimate of drug-likeness (QED) is 0.582. The van der Waals surface area contributed by atoms with Crippen molar-refractivity contribution in [1.82, 2.24) is 0 Å². The molecule has 0 atom stereocenters. The van der Waals surface area contributed by atoms with Gasteiger partial charge in [0, 0.05) is 11.8 Å². The molecule has 0 bridgehead atoms. The van der Waals surface area contributed by atoms with Crippen molar-refractivity contribution < 1.29 is 9.47 Å². The van der Waals surface area contributed by atoms with E-state index in [0.29, 0.717) is 0 Å². The van der Waals surface area contributed by atoms with Crippen LogP contribution in [0, 0.1) is 0 Å². The van der Waals surface area contributed by atoms with Crippen molar-refractivity contribution in [3.63, 3.8) is 0 Å². The molecule has 4 rings (SSSR count). The van der Waals surface area contributed by atoms with Crippen LogP contribution < -0.4 is 0 Å². The Kier molecular flexibility index (Phi) is 5.19. The third-order valence-electron chi connectivity index (χ3n) is 4.37. The van der Waals surface area contributed by atoms with Gasteiger partial charge < -0.3 is 9.47 Å². The van der Waals surface area contributed by atoms with Crippen LogP contribution in [0.5, 0.6) is 0 Å². The molecule has 0 radical (unpaired) electrons. The number of benzene rings is 3. The van der Waals surface area contributed by atoms with Gasteiger partial charge in [0.1, 0.15) is 0 Å². The average Bonchev–Trinajstić information content (AvgIpc) is 2.74. The predicted molar refractivity (Wildman–Crippen MR) is 105 cm³/mol.